The van der Waals surface area contributed by atoms with Crippen molar-refractivity contribution in [3.8, 4) is 22.2 Å². The Labute approximate surface area is 176 Å². The Balaban J connectivity index is 1.52. The summed E-state index contributed by atoms with van der Waals surface area (Å²) < 4.78 is 53.9. The van der Waals surface area contributed by atoms with Crippen LogP contribution in [-0.2, 0) is 6.18 Å². The van der Waals surface area contributed by atoms with Gasteiger partial charge >= 0.3 is 6.18 Å². The van der Waals surface area contributed by atoms with Gasteiger partial charge < -0.3 is 9.47 Å². The molecule has 1 saturated carbocycles. The monoisotopic (exact) mass is 452 g/mol. The topological polar surface area (TPSA) is 61.5 Å². The molecule has 1 aliphatic heterocycles. The fourth-order valence-corrected chi connectivity index (χ4v) is 4.90. The number of benzene rings is 1. The van der Waals surface area contributed by atoms with Crippen LogP contribution in [0.1, 0.15) is 18.4 Å². The zero-order valence-corrected chi connectivity index (χ0v) is 16.7. The molecule has 1 aromatic carbocycles. The van der Waals surface area contributed by atoms with E-state index in [1.165, 1.54) is 28.0 Å². The molecule has 0 saturated heterocycles. The highest BCUT2D eigenvalue weighted by Gasteiger charge is 2.47. The van der Waals surface area contributed by atoms with Crippen LogP contribution in [0.25, 0.3) is 26.4 Å². The van der Waals surface area contributed by atoms with E-state index in [2.05, 4.69) is 15.3 Å². The van der Waals surface area contributed by atoms with E-state index in [1.54, 1.807) is 6.07 Å². The van der Waals surface area contributed by atoms with Crippen molar-refractivity contribution in [2.24, 2.45) is 5.41 Å². The molecule has 3 aromatic heterocycles. The zero-order valence-electron chi connectivity index (χ0n) is 15.2. The summed E-state index contributed by atoms with van der Waals surface area (Å²) in [6, 6.07) is 5.55. The maximum Gasteiger partial charge on any atom is 0.417 e. The number of rotatable bonds is 1. The summed E-state index contributed by atoms with van der Waals surface area (Å²) in [4.78, 5) is 0.492. The summed E-state index contributed by atoms with van der Waals surface area (Å²) >= 11 is 7.53. The first-order chi connectivity index (χ1) is 14.3. The van der Waals surface area contributed by atoms with Gasteiger partial charge in [-0.3, -0.25) is 0 Å². The third-order valence-electron chi connectivity index (χ3n) is 5.51. The van der Waals surface area contributed by atoms with Crippen LogP contribution in [0.5, 0.6) is 11.5 Å². The third-order valence-corrected chi connectivity index (χ3v) is 6.86. The molecular formula is C19H12ClF3N4O2S. The summed E-state index contributed by atoms with van der Waals surface area (Å²) in [5.41, 5.74) is -0.375. The van der Waals surface area contributed by atoms with Gasteiger partial charge in [-0.1, -0.05) is 17.7 Å². The molecule has 1 aliphatic carbocycles. The van der Waals surface area contributed by atoms with Gasteiger partial charge in [-0.25, -0.2) is 0 Å². The summed E-state index contributed by atoms with van der Waals surface area (Å²) in [6.45, 7) is 0.977. The normalized spacial score (nSPS) is 17.6. The maximum absolute atomic E-state index is 13.4. The highest BCUT2D eigenvalue weighted by Crippen LogP contribution is 2.51. The zero-order chi connectivity index (χ0) is 20.7. The molecule has 30 heavy (non-hydrogen) atoms. The fourth-order valence-electron chi connectivity index (χ4n) is 3.63. The number of hydrogen-bond acceptors (Lipinski definition) is 6. The second-order valence-electron chi connectivity index (χ2n) is 7.61. The van der Waals surface area contributed by atoms with Crippen molar-refractivity contribution in [1.29, 1.82) is 0 Å². The lowest BCUT2D eigenvalue weighted by Gasteiger charge is -2.09. The van der Waals surface area contributed by atoms with Gasteiger partial charge in [-0.15, -0.1) is 26.6 Å². The van der Waals surface area contributed by atoms with E-state index in [0.717, 1.165) is 18.9 Å². The number of thiophene rings is 1. The molecule has 0 atom stereocenters. The predicted molar refractivity (Wildman–Crippen MR) is 104 cm³/mol. The Morgan fingerprint density at radius 1 is 1.10 bits per heavy atom. The molecule has 6 rings (SSSR count). The molecule has 1 spiro atoms. The average Bonchev–Trinajstić information content (AvgIpc) is 3.21. The van der Waals surface area contributed by atoms with Gasteiger partial charge in [0.15, 0.2) is 11.0 Å². The van der Waals surface area contributed by atoms with Crippen molar-refractivity contribution < 1.29 is 22.6 Å². The first-order valence-corrected chi connectivity index (χ1v) is 10.3. The van der Waals surface area contributed by atoms with Crippen molar-refractivity contribution in [2.45, 2.75) is 19.0 Å². The van der Waals surface area contributed by atoms with Gasteiger partial charge in [0.05, 0.1) is 23.7 Å². The molecule has 1 fully saturated rings. The molecule has 6 nitrogen and oxygen atoms in total. The van der Waals surface area contributed by atoms with E-state index in [9.17, 15) is 13.2 Å². The Kier molecular flexibility index (Phi) is 3.63. The van der Waals surface area contributed by atoms with Gasteiger partial charge in [0.2, 0.25) is 17.1 Å². The largest absolute Gasteiger partial charge is 0.486 e. The highest BCUT2D eigenvalue weighted by atomic mass is 35.5. The van der Waals surface area contributed by atoms with Crippen LogP contribution in [0, 0.1) is 5.41 Å². The lowest BCUT2D eigenvalue weighted by atomic mass is 10.1. The quantitative estimate of drug-likeness (QED) is 0.396. The number of alkyl halides is 3. The summed E-state index contributed by atoms with van der Waals surface area (Å²) in [6.07, 6.45) is -2.42. The van der Waals surface area contributed by atoms with Crippen molar-refractivity contribution in [3.63, 3.8) is 0 Å². The molecule has 4 aromatic rings. The van der Waals surface area contributed by atoms with E-state index < -0.39 is 11.7 Å². The molecule has 4 heterocycles. The number of aromatic nitrogens is 4. The summed E-state index contributed by atoms with van der Waals surface area (Å²) in [5.74, 6) is 0.968. The van der Waals surface area contributed by atoms with Crippen molar-refractivity contribution in [1.82, 2.24) is 19.8 Å². The van der Waals surface area contributed by atoms with Gasteiger partial charge in [0, 0.05) is 15.5 Å². The van der Waals surface area contributed by atoms with Crippen LogP contribution in [-0.4, -0.2) is 33.0 Å². The minimum atomic E-state index is -4.45. The number of nitrogens with zero attached hydrogens (tertiary/aromatic N) is 4. The number of hydrogen-bond donors (Lipinski definition) is 0. The molecule has 2 aliphatic rings. The van der Waals surface area contributed by atoms with Crippen molar-refractivity contribution in [2.75, 3.05) is 13.2 Å². The molecule has 154 valence electrons. The smallest absolute Gasteiger partial charge is 0.417 e. The second-order valence-corrected chi connectivity index (χ2v) is 9.05. The Morgan fingerprint density at radius 2 is 1.87 bits per heavy atom. The fraction of sp³-hybridized carbons (Fsp3) is 0.316. The maximum atomic E-state index is 13.4. The lowest BCUT2D eigenvalue weighted by Crippen LogP contribution is -2.17. The van der Waals surface area contributed by atoms with Crippen LogP contribution < -0.4 is 9.47 Å². The number of halogens is 4. The minimum absolute atomic E-state index is 0.00165. The molecule has 0 bridgehead atoms. The van der Waals surface area contributed by atoms with Gasteiger partial charge in [0.25, 0.3) is 0 Å². The summed E-state index contributed by atoms with van der Waals surface area (Å²) in [7, 11) is 0. The lowest BCUT2D eigenvalue weighted by molar-refractivity contribution is -0.136. The van der Waals surface area contributed by atoms with Crippen LogP contribution in [0.2, 0.25) is 5.15 Å². The molecular weight excluding hydrogens is 441 g/mol. The first kappa shape index (κ1) is 18.2. The van der Waals surface area contributed by atoms with Gasteiger partial charge in [-0.2, -0.15) is 17.7 Å². The van der Waals surface area contributed by atoms with Crippen LogP contribution in [0.3, 0.4) is 0 Å². The minimum Gasteiger partial charge on any atom is -0.486 e. The van der Waals surface area contributed by atoms with Crippen molar-refractivity contribution >= 4 is 38.7 Å². The summed E-state index contributed by atoms with van der Waals surface area (Å²) in [5, 5.41) is 12.9. The average molecular weight is 453 g/mol. The molecule has 0 radical (unpaired) electrons. The van der Waals surface area contributed by atoms with E-state index in [4.69, 9.17) is 21.1 Å². The Hall–Kier alpha value is -2.59. The van der Waals surface area contributed by atoms with E-state index >= 15 is 0 Å². The number of fused-ring (bicyclic) bond motifs is 4. The Bertz CT molecular complexity index is 1330. The molecule has 0 unspecified atom stereocenters. The van der Waals surface area contributed by atoms with Crippen LogP contribution >= 0.6 is 22.9 Å². The SMILES string of the molecule is FC(F)(F)c1cccc2sc(-c3nnc4c5c(c(Cl)nn34)OCC3(CC3)CO5)cc12. The highest BCUT2D eigenvalue weighted by molar-refractivity contribution is 7.22. The van der Waals surface area contributed by atoms with Crippen LogP contribution in [0.15, 0.2) is 24.3 Å². The van der Waals surface area contributed by atoms with Gasteiger partial charge in [0.1, 0.15) is 0 Å². The van der Waals surface area contributed by atoms with E-state index in [1.807, 2.05) is 0 Å². The van der Waals surface area contributed by atoms with Gasteiger partial charge in [-0.05, 0) is 31.0 Å². The second kappa shape index (κ2) is 5.98. The van der Waals surface area contributed by atoms with E-state index in [-0.39, 0.29) is 21.8 Å². The molecule has 0 N–H and O–H groups in total. The Morgan fingerprint density at radius 3 is 2.60 bits per heavy atom. The predicted octanol–water partition coefficient (Wildman–Crippen LogP) is 5.23. The van der Waals surface area contributed by atoms with Crippen molar-refractivity contribution in [3.05, 3.63) is 35.0 Å². The molecule has 0 amide bonds. The number of ether oxygens (including phenoxy) is 2. The third kappa shape index (κ3) is 2.66. The molecule has 11 heteroatoms. The van der Waals surface area contributed by atoms with Crippen LogP contribution in [0.4, 0.5) is 13.2 Å². The first-order valence-electron chi connectivity index (χ1n) is 9.15. The standard InChI is InChI=1S/C19H12ClF3N4O2S/c20-15-13-14(29-8-18(4-5-18)7-28-13)17-25-24-16(27(17)26-15)12-6-9-10(19(21,22)23)2-1-3-11(9)30-12/h1-3,6H,4-5,7-8H2. The van der Waals surface area contributed by atoms with E-state index in [0.29, 0.717) is 39.9 Å².